The number of nitrogens with zero attached hydrogens (tertiary/aromatic N) is 5. The van der Waals surface area contributed by atoms with E-state index in [1.165, 1.54) is 23.5 Å². The van der Waals surface area contributed by atoms with Gasteiger partial charge in [0, 0.05) is 68.8 Å². The fraction of sp³-hybridized carbons (Fsp3) is 0.650. The zero-order valence-corrected chi connectivity index (χ0v) is 17.8. The summed E-state index contributed by atoms with van der Waals surface area (Å²) in [6, 6.07) is 1.80. The molecule has 2 aliphatic heterocycles. The molecule has 4 heterocycles. The molecule has 5 rings (SSSR count). The first-order valence-electron chi connectivity index (χ1n) is 10.3. The van der Waals surface area contributed by atoms with Gasteiger partial charge in [-0.05, 0) is 24.2 Å². The van der Waals surface area contributed by atoms with Crippen LogP contribution in [0, 0.1) is 0 Å². The van der Waals surface area contributed by atoms with Gasteiger partial charge in [-0.25, -0.2) is 9.67 Å². The fourth-order valence-corrected chi connectivity index (χ4v) is 5.90. The minimum absolute atomic E-state index is 0.0508. The maximum Gasteiger partial charge on any atom is 0.267 e. The highest BCUT2D eigenvalue weighted by Crippen LogP contribution is 2.41. The summed E-state index contributed by atoms with van der Waals surface area (Å²) in [6.07, 6.45) is 3.64. The maximum atomic E-state index is 12.3. The molecule has 1 saturated carbocycles. The molecule has 2 fully saturated rings. The first-order chi connectivity index (χ1) is 13.7. The summed E-state index contributed by atoms with van der Waals surface area (Å²) in [7, 11) is 0. The van der Waals surface area contributed by atoms with Gasteiger partial charge in [0.05, 0.1) is 22.9 Å². The molecule has 150 valence electrons. The van der Waals surface area contributed by atoms with Gasteiger partial charge in [-0.3, -0.25) is 14.6 Å². The third kappa shape index (κ3) is 4.35. The van der Waals surface area contributed by atoms with Crippen molar-refractivity contribution in [1.29, 1.82) is 0 Å². The molecule has 0 atom stereocenters. The lowest BCUT2D eigenvalue weighted by Crippen LogP contribution is -2.47. The van der Waals surface area contributed by atoms with Gasteiger partial charge < -0.3 is 0 Å². The molecule has 0 radical (unpaired) electrons. The summed E-state index contributed by atoms with van der Waals surface area (Å²) in [5, 5.41) is 8.22. The maximum absolute atomic E-state index is 12.3. The molecule has 0 amide bonds. The van der Waals surface area contributed by atoms with Crippen LogP contribution in [0.3, 0.4) is 0 Å². The van der Waals surface area contributed by atoms with Crippen molar-refractivity contribution in [2.75, 3.05) is 38.5 Å². The lowest BCUT2D eigenvalue weighted by Gasteiger charge is -2.34. The first-order valence-corrected chi connectivity index (χ1v) is 12.3. The lowest BCUT2D eigenvalue weighted by molar-refractivity contribution is 0.121. The molecule has 0 N–H and O–H groups in total. The summed E-state index contributed by atoms with van der Waals surface area (Å²) in [6.45, 7) is 6.81. The molecule has 0 bridgehead atoms. The Morgan fingerprint density at radius 3 is 2.75 bits per heavy atom. The molecule has 3 aliphatic rings. The van der Waals surface area contributed by atoms with Crippen LogP contribution < -0.4 is 5.56 Å². The monoisotopic (exact) mass is 417 g/mol. The minimum atomic E-state index is 0.0508. The molecule has 1 saturated heterocycles. The lowest BCUT2D eigenvalue weighted by atomic mass is 10.2. The van der Waals surface area contributed by atoms with E-state index in [0.717, 1.165) is 74.4 Å². The van der Waals surface area contributed by atoms with Crippen LogP contribution >= 0.6 is 23.1 Å². The molecule has 8 heteroatoms. The molecular formula is C20H27N5OS2. The van der Waals surface area contributed by atoms with Gasteiger partial charge in [0.15, 0.2) is 0 Å². The summed E-state index contributed by atoms with van der Waals surface area (Å²) in [5.41, 5.74) is 3.55. The van der Waals surface area contributed by atoms with Crippen LogP contribution in [-0.4, -0.2) is 63.0 Å². The van der Waals surface area contributed by atoms with E-state index in [2.05, 4.69) is 20.3 Å². The topological polar surface area (TPSA) is 54.3 Å². The third-order valence-electron chi connectivity index (χ3n) is 5.88. The minimum Gasteiger partial charge on any atom is -0.299 e. The highest BCUT2D eigenvalue weighted by atomic mass is 32.2. The van der Waals surface area contributed by atoms with Crippen molar-refractivity contribution in [3.8, 4) is 0 Å². The molecule has 0 spiro atoms. The van der Waals surface area contributed by atoms with Crippen LogP contribution in [0.1, 0.15) is 40.7 Å². The van der Waals surface area contributed by atoms with Gasteiger partial charge in [0.2, 0.25) is 0 Å². The number of piperazine rings is 1. The van der Waals surface area contributed by atoms with Gasteiger partial charge in [-0.2, -0.15) is 16.9 Å². The Kier molecular flexibility index (Phi) is 5.54. The van der Waals surface area contributed by atoms with Crippen LogP contribution in [0.4, 0.5) is 0 Å². The first kappa shape index (κ1) is 18.8. The van der Waals surface area contributed by atoms with Crippen molar-refractivity contribution in [3.63, 3.8) is 0 Å². The number of hydrogen-bond donors (Lipinski definition) is 0. The third-order valence-corrected chi connectivity index (χ3v) is 7.94. The molecule has 0 aromatic carbocycles. The summed E-state index contributed by atoms with van der Waals surface area (Å²) in [4.78, 5) is 22.1. The standard InChI is InChI=1S/C20H27N5OS2/c26-19-11-16-13-27-10-3-18(16)22-25(19)9-8-23-4-6-24(7-5-23)12-17-14-28-20(21-17)15-1-2-15/h11,14-15H,1-10,12-13H2. The second-order valence-electron chi connectivity index (χ2n) is 8.05. The average molecular weight is 418 g/mol. The van der Waals surface area contributed by atoms with Gasteiger partial charge in [0.25, 0.3) is 5.56 Å². The normalized spacial score (nSPS) is 21.0. The van der Waals surface area contributed by atoms with Crippen molar-refractivity contribution in [3.05, 3.63) is 43.8 Å². The van der Waals surface area contributed by atoms with Gasteiger partial charge in [-0.1, -0.05) is 0 Å². The van der Waals surface area contributed by atoms with E-state index >= 15 is 0 Å². The molecule has 0 unspecified atom stereocenters. The summed E-state index contributed by atoms with van der Waals surface area (Å²) < 4.78 is 1.68. The average Bonchev–Trinajstić information content (AvgIpc) is 3.47. The second kappa shape index (κ2) is 8.26. The van der Waals surface area contributed by atoms with E-state index in [0.29, 0.717) is 6.54 Å². The largest absolute Gasteiger partial charge is 0.299 e. The van der Waals surface area contributed by atoms with Crippen LogP contribution in [-0.2, 0) is 25.3 Å². The Morgan fingerprint density at radius 2 is 1.93 bits per heavy atom. The van der Waals surface area contributed by atoms with Crippen LogP contribution in [0.25, 0.3) is 0 Å². The molecule has 1 aliphatic carbocycles. The van der Waals surface area contributed by atoms with Crippen molar-refractivity contribution in [2.45, 2.75) is 44.0 Å². The molecule has 2 aromatic rings. The number of fused-ring (bicyclic) bond motifs is 1. The van der Waals surface area contributed by atoms with E-state index in [9.17, 15) is 4.79 Å². The van der Waals surface area contributed by atoms with Crippen LogP contribution in [0.5, 0.6) is 0 Å². The number of rotatable bonds is 6. The highest BCUT2D eigenvalue weighted by molar-refractivity contribution is 7.98. The van der Waals surface area contributed by atoms with Gasteiger partial charge in [0.1, 0.15) is 0 Å². The van der Waals surface area contributed by atoms with E-state index in [1.54, 1.807) is 10.7 Å². The molecule has 2 aromatic heterocycles. The Balaban J connectivity index is 1.11. The highest BCUT2D eigenvalue weighted by Gasteiger charge is 2.27. The number of aromatic nitrogens is 3. The number of aryl methyl sites for hydroxylation is 1. The molecular weight excluding hydrogens is 390 g/mol. The quantitative estimate of drug-likeness (QED) is 0.718. The number of thiazole rings is 1. The summed E-state index contributed by atoms with van der Waals surface area (Å²) in [5.74, 6) is 2.80. The zero-order chi connectivity index (χ0) is 18.9. The fourth-order valence-electron chi connectivity index (χ4n) is 3.96. The van der Waals surface area contributed by atoms with Crippen molar-refractivity contribution in [1.82, 2.24) is 24.6 Å². The predicted molar refractivity (Wildman–Crippen MR) is 114 cm³/mol. The Morgan fingerprint density at radius 1 is 1.11 bits per heavy atom. The van der Waals surface area contributed by atoms with E-state index in [1.807, 2.05) is 23.1 Å². The predicted octanol–water partition coefficient (Wildman–Crippen LogP) is 2.18. The SMILES string of the molecule is O=c1cc2c(nn1CCN1CCN(Cc3csc(C4CC4)n3)CC1)CCSC2. The zero-order valence-electron chi connectivity index (χ0n) is 16.2. The van der Waals surface area contributed by atoms with E-state index < -0.39 is 0 Å². The Labute approximate surface area is 173 Å². The van der Waals surface area contributed by atoms with Gasteiger partial charge >= 0.3 is 0 Å². The second-order valence-corrected chi connectivity index (χ2v) is 10.0. The van der Waals surface area contributed by atoms with Crippen molar-refractivity contribution >= 4 is 23.1 Å². The Hall–Kier alpha value is -1.22. The van der Waals surface area contributed by atoms with Crippen molar-refractivity contribution < 1.29 is 0 Å². The molecule has 6 nitrogen and oxygen atoms in total. The number of thioether (sulfide) groups is 1. The Bertz CT molecular complexity index is 883. The van der Waals surface area contributed by atoms with E-state index in [-0.39, 0.29) is 5.56 Å². The number of hydrogen-bond acceptors (Lipinski definition) is 7. The summed E-state index contributed by atoms with van der Waals surface area (Å²) >= 11 is 3.73. The van der Waals surface area contributed by atoms with Crippen LogP contribution in [0.2, 0.25) is 0 Å². The van der Waals surface area contributed by atoms with Crippen molar-refractivity contribution in [2.24, 2.45) is 0 Å². The van der Waals surface area contributed by atoms with Crippen LogP contribution in [0.15, 0.2) is 16.2 Å². The molecule has 28 heavy (non-hydrogen) atoms. The smallest absolute Gasteiger partial charge is 0.267 e. The van der Waals surface area contributed by atoms with E-state index in [4.69, 9.17) is 4.98 Å². The van der Waals surface area contributed by atoms with Gasteiger partial charge in [-0.15, -0.1) is 11.3 Å².